The molecule has 5 nitrogen and oxygen atoms in total. The van der Waals surface area contributed by atoms with E-state index in [1.54, 1.807) is 0 Å². The number of carbonyl (C=O) groups excluding carboxylic acids is 2. The van der Waals surface area contributed by atoms with Gasteiger partial charge >= 0.3 is 0 Å². The number of benzene rings is 1. The Hall–Kier alpha value is -1.88. The molecule has 1 aromatic carbocycles. The molecular weight excluding hydrogens is 316 g/mol. The second-order valence-corrected chi connectivity index (χ2v) is 7.42. The molecule has 1 saturated heterocycles. The maximum atomic E-state index is 12.6. The minimum absolute atomic E-state index is 0.0918. The Bertz CT molecular complexity index is 619. The van der Waals surface area contributed by atoms with Gasteiger partial charge in [0.15, 0.2) is 0 Å². The van der Waals surface area contributed by atoms with Gasteiger partial charge in [0.1, 0.15) is 6.61 Å². The zero-order valence-corrected chi connectivity index (χ0v) is 15.1. The van der Waals surface area contributed by atoms with E-state index in [0.29, 0.717) is 12.1 Å². The van der Waals surface area contributed by atoms with Crippen molar-refractivity contribution >= 4 is 11.8 Å². The van der Waals surface area contributed by atoms with Crippen molar-refractivity contribution in [2.45, 2.75) is 57.6 Å². The molecule has 1 saturated carbocycles. The fourth-order valence-electron chi connectivity index (χ4n) is 3.40. The van der Waals surface area contributed by atoms with Crippen LogP contribution in [0, 0.1) is 0 Å². The molecular formula is C20H28N2O3. The number of piperidine rings is 1. The molecule has 0 aromatic heterocycles. The Kier molecular flexibility index (Phi) is 5.74. The monoisotopic (exact) mass is 344 g/mol. The van der Waals surface area contributed by atoms with Gasteiger partial charge in [0.05, 0.1) is 5.60 Å². The largest absolute Gasteiger partial charge is 0.365 e. The summed E-state index contributed by atoms with van der Waals surface area (Å²) in [6.45, 7) is 4.26. The molecule has 0 unspecified atom stereocenters. The van der Waals surface area contributed by atoms with E-state index in [1.807, 2.05) is 29.2 Å². The van der Waals surface area contributed by atoms with Crippen LogP contribution in [0.4, 0.5) is 0 Å². The topological polar surface area (TPSA) is 58.6 Å². The molecule has 0 bridgehead atoms. The average Bonchev–Trinajstić information content (AvgIpc) is 2.63. The van der Waals surface area contributed by atoms with Crippen LogP contribution in [-0.2, 0) is 16.1 Å². The van der Waals surface area contributed by atoms with Gasteiger partial charge in [-0.1, -0.05) is 12.1 Å². The molecule has 1 aliphatic carbocycles. The number of likely N-dealkylation sites (tertiary alicyclic amines) is 1. The third kappa shape index (κ3) is 4.82. The first-order valence-corrected chi connectivity index (χ1v) is 9.35. The molecule has 1 aliphatic heterocycles. The fraction of sp³-hybridized carbons (Fsp3) is 0.600. The molecule has 5 heteroatoms. The quantitative estimate of drug-likeness (QED) is 0.863. The van der Waals surface area contributed by atoms with Crippen molar-refractivity contribution in [1.82, 2.24) is 10.2 Å². The second-order valence-electron chi connectivity index (χ2n) is 7.42. The Morgan fingerprint density at radius 2 is 1.92 bits per heavy atom. The van der Waals surface area contributed by atoms with Crippen LogP contribution in [0.5, 0.6) is 0 Å². The number of carbonyl (C=O) groups is 2. The summed E-state index contributed by atoms with van der Waals surface area (Å²) in [7, 11) is 0. The van der Waals surface area contributed by atoms with Gasteiger partial charge in [0.25, 0.3) is 5.91 Å². The van der Waals surface area contributed by atoms with Crippen molar-refractivity contribution in [2.75, 3.05) is 19.7 Å². The van der Waals surface area contributed by atoms with Crippen molar-refractivity contribution in [3.8, 4) is 0 Å². The standard InChI is InChI=1S/C20H28N2O3/c1-20(9-6-10-20)25-15-18(23)21-14-16-7-5-8-17(13-16)19(24)22-11-3-2-4-12-22/h5,7-8,13H,2-4,6,9-12,14-15H2,1H3,(H,21,23). The summed E-state index contributed by atoms with van der Waals surface area (Å²) in [4.78, 5) is 26.4. The highest BCUT2D eigenvalue weighted by Crippen LogP contribution is 2.34. The lowest BCUT2D eigenvalue weighted by Gasteiger charge is -2.37. The summed E-state index contributed by atoms with van der Waals surface area (Å²) in [5.41, 5.74) is 1.52. The molecule has 0 radical (unpaired) electrons. The summed E-state index contributed by atoms with van der Waals surface area (Å²) in [6, 6.07) is 7.54. The van der Waals surface area contributed by atoms with Gasteiger partial charge in [-0.2, -0.15) is 0 Å². The molecule has 2 fully saturated rings. The number of rotatable bonds is 6. The van der Waals surface area contributed by atoms with Crippen molar-refractivity contribution < 1.29 is 14.3 Å². The number of nitrogens with zero attached hydrogens (tertiary/aromatic N) is 1. The predicted molar refractivity (Wildman–Crippen MR) is 96.3 cm³/mol. The summed E-state index contributed by atoms with van der Waals surface area (Å²) in [6.07, 6.45) is 6.61. The molecule has 1 heterocycles. The first-order chi connectivity index (χ1) is 12.1. The van der Waals surface area contributed by atoms with E-state index < -0.39 is 0 Å². The highest BCUT2D eigenvalue weighted by molar-refractivity contribution is 5.94. The van der Waals surface area contributed by atoms with E-state index >= 15 is 0 Å². The van der Waals surface area contributed by atoms with Gasteiger partial charge in [-0.15, -0.1) is 0 Å². The summed E-state index contributed by atoms with van der Waals surface area (Å²) in [5.74, 6) is -0.0185. The van der Waals surface area contributed by atoms with E-state index in [-0.39, 0.29) is 24.0 Å². The first-order valence-electron chi connectivity index (χ1n) is 9.35. The van der Waals surface area contributed by atoms with Crippen molar-refractivity contribution in [2.24, 2.45) is 0 Å². The highest BCUT2D eigenvalue weighted by atomic mass is 16.5. The van der Waals surface area contributed by atoms with Crippen LogP contribution in [-0.4, -0.2) is 42.0 Å². The summed E-state index contributed by atoms with van der Waals surface area (Å²) >= 11 is 0. The van der Waals surface area contributed by atoms with Crippen LogP contribution in [0.2, 0.25) is 0 Å². The van der Waals surface area contributed by atoms with Gasteiger partial charge in [-0.25, -0.2) is 0 Å². The Morgan fingerprint density at radius 1 is 1.16 bits per heavy atom. The van der Waals surface area contributed by atoms with Crippen molar-refractivity contribution in [3.05, 3.63) is 35.4 Å². The molecule has 3 rings (SSSR count). The molecule has 0 spiro atoms. The molecule has 1 N–H and O–H groups in total. The van der Waals surface area contributed by atoms with E-state index in [1.165, 1.54) is 12.8 Å². The molecule has 1 aromatic rings. The molecule has 0 atom stereocenters. The van der Waals surface area contributed by atoms with Gasteiger partial charge in [-0.3, -0.25) is 9.59 Å². The lowest BCUT2D eigenvalue weighted by atomic mass is 9.82. The zero-order chi connectivity index (χ0) is 17.7. The Balaban J connectivity index is 1.49. The van der Waals surface area contributed by atoms with Gasteiger partial charge in [0, 0.05) is 25.2 Å². The number of amides is 2. The summed E-state index contributed by atoms with van der Waals surface area (Å²) < 4.78 is 5.68. The number of nitrogens with one attached hydrogen (secondary N) is 1. The Morgan fingerprint density at radius 3 is 2.60 bits per heavy atom. The summed E-state index contributed by atoms with van der Waals surface area (Å²) in [5, 5.41) is 2.88. The molecule has 25 heavy (non-hydrogen) atoms. The van der Waals surface area contributed by atoms with Crippen molar-refractivity contribution in [1.29, 1.82) is 0 Å². The van der Waals surface area contributed by atoms with Crippen LogP contribution in [0.25, 0.3) is 0 Å². The number of hydrogen-bond donors (Lipinski definition) is 1. The number of ether oxygens (including phenoxy) is 1. The predicted octanol–water partition coefficient (Wildman–Crippen LogP) is 2.89. The van der Waals surface area contributed by atoms with Crippen LogP contribution < -0.4 is 5.32 Å². The van der Waals surface area contributed by atoms with Crippen LogP contribution in [0.3, 0.4) is 0 Å². The molecule has 136 valence electrons. The van der Waals surface area contributed by atoms with Gasteiger partial charge in [0.2, 0.25) is 5.91 Å². The first kappa shape index (κ1) is 17.9. The van der Waals surface area contributed by atoms with Crippen LogP contribution >= 0.6 is 0 Å². The number of hydrogen-bond acceptors (Lipinski definition) is 3. The second kappa shape index (κ2) is 8.00. The minimum atomic E-state index is -0.113. The lowest BCUT2D eigenvalue weighted by Crippen LogP contribution is -2.40. The van der Waals surface area contributed by atoms with Crippen LogP contribution in [0.15, 0.2) is 24.3 Å². The highest BCUT2D eigenvalue weighted by Gasteiger charge is 2.33. The minimum Gasteiger partial charge on any atom is -0.365 e. The third-order valence-corrected chi connectivity index (χ3v) is 5.27. The third-order valence-electron chi connectivity index (χ3n) is 5.27. The zero-order valence-electron chi connectivity index (χ0n) is 15.1. The molecule has 2 aliphatic rings. The van der Waals surface area contributed by atoms with E-state index in [0.717, 1.165) is 44.3 Å². The molecule has 2 amide bonds. The van der Waals surface area contributed by atoms with Gasteiger partial charge in [-0.05, 0) is 63.1 Å². The maximum Gasteiger partial charge on any atom is 0.253 e. The average molecular weight is 344 g/mol. The lowest BCUT2D eigenvalue weighted by molar-refractivity contribution is -0.139. The Labute approximate surface area is 149 Å². The smallest absolute Gasteiger partial charge is 0.253 e. The van der Waals surface area contributed by atoms with E-state index in [4.69, 9.17) is 4.74 Å². The van der Waals surface area contributed by atoms with Gasteiger partial charge < -0.3 is 15.0 Å². The maximum absolute atomic E-state index is 12.6. The van der Waals surface area contributed by atoms with E-state index in [2.05, 4.69) is 12.2 Å². The van der Waals surface area contributed by atoms with Crippen molar-refractivity contribution in [3.63, 3.8) is 0 Å². The SMILES string of the molecule is CC1(OCC(=O)NCc2cccc(C(=O)N3CCCCC3)c2)CCC1. The van der Waals surface area contributed by atoms with Crippen LogP contribution in [0.1, 0.15) is 61.4 Å². The fourth-order valence-corrected chi connectivity index (χ4v) is 3.40. The normalized spacial score (nSPS) is 19.2. The van der Waals surface area contributed by atoms with E-state index in [9.17, 15) is 9.59 Å².